The molecule has 1 aromatic carbocycles. The fraction of sp³-hybridized carbons (Fsp3) is 0.400. The summed E-state index contributed by atoms with van der Waals surface area (Å²) in [6.45, 7) is 4.85. The molecule has 1 fully saturated rings. The van der Waals surface area contributed by atoms with Crippen molar-refractivity contribution < 1.29 is 9.47 Å². The van der Waals surface area contributed by atoms with Crippen molar-refractivity contribution in [2.24, 2.45) is 14.1 Å². The molecule has 4 aromatic rings. The molecule has 0 radical (unpaired) electrons. The molecule has 0 aliphatic carbocycles. The molecule has 10 heteroatoms. The van der Waals surface area contributed by atoms with E-state index in [0.29, 0.717) is 19.0 Å². The van der Waals surface area contributed by atoms with Crippen molar-refractivity contribution in [1.29, 1.82) is 0 Å². The minimum Gasteiger partial charge on any atom is -0.476 e. The van der Waals surface area contributed by atoms with Crippen LogP contribution in [0.25, 0.3) is 34.2 Å². The van der Waals surface area contributed by atoms with Gasteiger partial charge in [0.2, 0.25) is 11.8 Å². The Bertz CT molecular complexity index is 1410. The topological polar surface area (TPSA) is 98.1 Å². The number of H-pyrrole nitrogens is 1. The lowest BCUT2D eigenvalue weighted by Crippen LogP contribution is -2.43. The summed E-state index contributed by atoms with van der Waals surface area (Å²) in [6, 6.07) is 6.43. The first-order valence-electron chi connectivity index (χ1n) is 12.0. The van der Waals surface area contributed by atoms with E-state index in [1.54, 1.807) is 0 Å². The first-order valence-corrected chi connectivity index (χ1v) is 12.0. The largest absolute Gasteiger partial charge is 0.476 e. The number of ether oxygens (including phenoxy) is 2. The first-order chi connectivity index (χ1) is 17.0. The number of benzene rings is 1. The second-order valence-electron chi connectivity index (χ2n) is 9.21. The fourth-order valence-corrected chi connectivity index (χ4v) is 5.10. The molecule has 5 heterocycles. The Kier molecular flexibility index (Phi) is 5.34. The molecular weight excluding hydrogens is 444 g/mol. The zero-order valence-corrected chi connectivity index (χ0v) is 20.4. The fourth-order valence-electron chi connectivity index (χ4n) is 5.10. The number of hydrogen-bond donors (Lipinski definition) is 2. The lowest BCUT2D eigenvalue weighted by Gasteiger charge is -2.29. The lowest BCUT2D eigenvalue weighted by molar-refractivity contribution is 0.105. The number of likely N-dealkylation sites (N-methyl/N-ethyl adjacent to an activating group) is 1. The molecule has 0 saturated carbocycles. The van der Waals surface area contributed by atoms with Crippen LogP contribution in [0.15, 0.2) is 24.4 Å². The van der Waals surface area contributed by atoms with E-state index in [9.17, 15) is 0 Å². The van der Waals surface area contributed by atoms with Gasteiger partial charge in [-0.15, -0.1) is 5.10 Å². The van der Waals surface area contributed by atoms with Crippen LogP contribution >= 0.6 is 0 Å². The normalized spacial score (nSPS) is 21.1. The molecule has 35 heavy (non-hydrogen) atoms. The van der Waals surface area contributed by atoms with Gasteiger partial charge in [0.15, 0.2) is 0 Å². The van der Waals surface area contributed by atoms with E-state index >= 15 is 0 Å². The van der Waals surface area contributed by atoms with Gasteiger partial charge in [0, 0.05) is 39.1 Å². The van der Waals surface area contributed by atoms with Crippen LogP contribution in [0, 0.1) is 0 Å². The molecule has 6 rings (SSSR count). The number of aryl methyl sites for hydroxylation is 2. The van der Waals surface area contributed by atoms with Crippen molar-refractivity contribution in [1.82, 2.24) is 40.0 Å². The smallest absolute Gasteiger partial charge is 0.240 e. The van der Waals surface area contributed by atoms with Gasteiger partial charge in [-0.1, -0.05) is 6.07 Å². The summed E-state index contributed by atoms with van der Waals surface area (Å²) in [4.78, 5) is 2.33. The Hall–Kier alpha value is -3.63. The molecule has 2 bridgehead atoms. The molecule has 3 aromatic heterocycles. The average Bonchev–Trinajstić information content (AvgIpc) is 3.61. The maximum Gasteiger partial charge on any atom is 0.240 e. The van der Waals surface area contributed by atoms with Gasteiger partial charge >= 0.3 is 0 Å². The zero-order chi connectivity index (χ0) is 24.1. The van der Waals surface area contributed by atoms with Crippen LogP contribution in [0.4, 0.5) is 0 Å². The van der Waals surface area contributed by atoms with E-state index in [2.05, 4.69) is 61.9 Å². The third kappa shape index (κ3) is 3.69. The molecule has 0 amide bonds. The lowest BCUT2D eigenvalue weighted by atomic mass is 10.1. The van der Waals surface area contributed by atoms with Gasteiger partial charge in [-0.25, -0.2) is 4.68 Å². The predicted molar refractivity (Wildman–Crippen MR) is 134 cm³/mol. The summed E-state index contributed by atoms with van der Waals surface area (Å²) < 4.78 is 16.3. The first kappa shape index (κ1) is 21.9. The van der Waals surface area contributed by atoms with E-state index < -0.39 is 0 Å². The van der Waals surface area contributed by atoms with Gasteiger partial charge < -0.3 is 14.8 Å². The molecule has 2 aliphatic rings. The third-order valence-corrected chi connectivity index (χ3v) is 7.01. The average molecular weight is 475 g/mol. The van der Waals surface area contributed by atoms with Crippen LogP contribution in [-0.4, -0.2) is 73.5 Å². The highest BCUT2D eigenvalue weighted by Crippen LogP contribution is 2.35. The molecule has 182 valence electrons. The Morgan fingerprint density at radius 3 is 2.89 bits per heavy atom. The highest BCUT2D eigenvalue weighted by atomic mass is 16.5. The summed E-state index contributed by atoms with van der Waals surface area (Å²) in [6.07, 6.45) is 5.99. The highest BCUT2D eigenvalue weighted by Gasteiger charge is 2.34. The van der Waals surface area contributed by atoms with Crippen LogP contribution in [-0.2, 0) is 20.6 Å². The number of aromatic nitrogens is 6. The number of fused-ring (bicyclic) bond motifs is 5. The second kappa shape index (κ2) is 8.54. The quantitative estimate of drug-likeness (QED) is 0.460. The number of rotatable bonds is 2. The summed E-state index contributed by atoms with van der Waals surface area (Å²) in [7, 11) is 6.03. The molecule has 0 spiro atoms. The number of hydrogen-bond acceptors (Lipinski definition) is 7. The van der Waals surface area contributed by atoms with Gasteiger partial charge in [0.1, 0.15) is 6.10 Å². The van der Waals surface area contributed by atoms with Crippen molar-refractivity contribution in [3.05, 3.63) is 41.3 Å². The predicted octanol–water partition coefficient (Wildman–Crippen LogP) is 2.43. The summed E-state index contributed by atoms with van der Waals surface area (Å²) in [5.74, 6) is 1.41. The highest BCUT2D eigenvalue weighted by molar-refractivity contribution is 5.93. The van der Waals surface area contributed by atoms with Crippen molar-refractivity contribution in [2.45, 2.75) is 25.6 Å². The zero-order valence-electron chi connectivity index (χ0n) is 20.4. The minimum atomic E-state index is -0.0222. The molecule has 10 nitrogen and oxygen atoms in total. The van der Waals surface area contributed by atoms with Crippen LogP contribution in [0.2, 0.25) is 0 Å². The van der Waals surface area contributed by atoms with Crippen LogP contribution in [0.3, 0.4) is 0 Å². The van der Waals surface area contributed by atoms with Gasteiger partial charge in [-0.05, 0) is 43.8 Å². The summed E-state index contributed by atoms with van der Waals surface area (Å²) >= 11 is 0. The maximum absolute atomic E-state index is 6.66. The molecule has 1 unspecified atom stereocenters. The van der Waals surface area contributed by atoms with E-state index in [1.165, 1.54) is 0 Å². The SMILES string of the molecule is CCOc1nn(C)c2c1/C=C/c1[nH]nc3ccc(cc13)-c1cnn(C)c1O[C@H]1CNCC1N(C)C2. The van der Waals surface area contributed by atoms with E-state index in [0.717, 1.165) is 58.0 Å². The van der Waals surface area contributed by atoms with Gasteiger partial charge in [0.25, 0.3) is 0 Å². The Balaban J connectivity index is 1.55. The van der Waals surface area contributed by atoms with Gasteiger partial charge in [0.05, 0.1) is 46.9 Å². The van der Waals surface area contributed by atoms with Crippen molar-refractivity contribution in [2.75, 3.05) is 26.7 Å². The Morgan fingerprint density at radius 2 is 2.03 bits per heavy atom. The number of nitrogens with zero attached hydrogens (tertiary/aromatic N) is 6. The molecule has 2 aliphatic heterocycles. The summed E-state index contributed by atoms with van der Waals surface area (Å²) in [5.41, 5.74) is 5.90. The molecular formula is C25H30N8O2. The minimum absolute atomic E-state index is 0.0222. The standard InChI is InChI=1S/C25H30N8O2/c1-5-34-24-16-7-9-20-17-10-15(6-8-19(17)28-29-20)18-11-27-33(4)25(18)35-23-13-26-12-21(23)31(2)14-22(16)32(3)30-24/h6-11,21,23,26H,5,12-14H2,1-4H3,(H,28,29)/b9-7+/t21?,23-/m0/s1. The van der Waals surface area contributed by atoms with Gasteiger partial charge in [-0.2, -0.15) is 10.2 Å². The van der Waals surface area contributed by atoms with Gasteiger partial charge in [-0.3, -0.25) is 14.7 Å². The second-order valence-corrected chi connectivity index (χ2v) is 9.21. The Labute approximate surface area is 203 Å². The maximum atomic E-state index is 6.66. The Morgan fingerprint density at radius 1 is 1.14 bits per heavy atom. The van der Waals surface area contributed by atoms with E-state index in [1.807, 2.05) is 42.6 Å². The molecule has 1 saturated heterocycles. The van der Waals surface area contributed by atoms with Crippen LogP contribution in [0.1, 0.15) is 23.9 Å². The van der Waals surface area contributed by atoms with Crippen molar-refractivity contribution in [3.63, 3.8) is 0 Å². The number of nitrogens with one attached hydrogen (secondary N) is 2. The van der Waals surface area contributed by atoms with Crippen molar-refractivity contribution >= 4 is 23.1 Å². The third-order valence-electron chi connectivity index (χ3n) is 7.01. The van der Waals surface area contributed by atoms with Crippen LogP contribution < -0.4 is 14.8 Å². The molecule has 2 atom stereocenters. The van der Waals surface area contributed by atoms with Crippen molar-refractivity contribution in [3.8, 4) is 22.9 Å². The van der Waals surface area contributed by atoms with E-state index in [4.69, 9.17) is 9.47 Å². The number of aromatic amines is 1. The monoisotopic (exact) mass is 474 g/mol. The summed E-state index contributed by atoms with van der Waals surface area (Å²) in [5, 5.41) is 21.4. The van der Waals surface area contributed by atoms with Crippen LogP contribution in [0.5, 0.6) is 11.8 Å². The molecule has 2 N–H and O–H groups in total. The van der Waals surface area contributed by atoms with E-state index in [-0.39, 0.29) is 12.1 Å².